The molecule has 16 heavy (non-hydrogen) atoms. The van der Waals surface area contributed by atoms with E-state index in [4.69, 9.17) is 11.1 Å². The summed E-state index contributed by atoms with van der Waals surface area (Å²) >= 11 is 0. The first-order chi connectivity index (χ1) is 7.52. The standard InChI is InChI=1S/C12H21N3O/c1-8(13)11(9(2)14)15-12(16)10-6-4-3-5-7-10/h10,13H,3-7,14H2,1-2H3,(H,15,16)/b11-9+,13-8?. The molecule has 4 heteroatoms. The van der Waals surface area contributed by atoms with Crippen LogP contribution in [0.15, 0.2) is 11.4 Å². The molecule has 0 aromatic rings. The van der Waals surface area contributed by atoms with Crippen LogP contribution < -0.4 is 11.1 Å². The van der Waals surface area contributed by atoms with Crippen LogP contribution in [0.1, 0.15) is 46.0 Å². The second-order valence-electron chi connectivity index (χ2n) is 4.51. The Kier molecular flexibility index (Phi) is 4.52. The van der Waals surface area contributed by atoms with Crippen molar-refractivity contribution in [2.24, 2.45) is 11.7 Å². The van der Waals surface area contributed by atoms with Gasteiger partial charge >= 0.3 is 0 Å². The van der Waals surface area contributed by atoms with Gasteiger partial charge < -0.3 is 16.5 Å². The lowest BCUT2D eigenvalue weighted by molar-refractivity contribution is -0.125. The average Bonchev–Trinajstić information content (AvgIpc) is 2.25. The van der Waals surface area contributed by atoms with Gasteiger partial charge in [-0.05, 0) is 26.7 Å². The minimum Gasteiger partial charge on any atom is -0.401 e. The van der Waals surface area contributed by atoms with E-state index < -0.39 is 0 Å². The molecule has 90 valence electrons. The molecule has 1 saturated carbocycles. The molecule has 4 nitrogen and oxygen atoms in total. The Morgan fingerprint density at radius 2 is 1.81 bits per heavy atom. The number of allylic oxidation sites excluding steroid dienone is 2. The molecule has 1 aliphatic carbocycles. The molecular weight excluding hydrogens is 202 g/mol. The largest absolute Gasteiger partial charge is 0.401 e. The fourth-order valence-corrected chi connectivity index (χ4v) is 2.08. The number of hydrogen-bond donors (Lipinski definition) is 3. The monoisotopic (exact) mass is 223 g/mol. The van der Waals surface area contributed by atoms with Crippen LogP contribution in [0.2, 0.25) is 0 Å². The van der Waals surface area contributed by atoms with Gasteiger partial charge in [-0.15, -0.1) is 0 Å². The van der Waals surface area contributed by atoms with Gasteiger partial charge in [-0.25, -0.2) is 0 Å². The van der Waals surface area contributed by atoms with Crippen LogP contribution >= 0.6 is 0 Å². The summed E-state index contributed by atoms with van der Waals surface area (Å²) in [6, 6.07) is 0. The molecular formula is C12H21N3O. The van der Waals surface area contributed by atoms with Crippen LogP contribution in [0.4, 0.5) is 0 Å². The number of carbonyl (C=O) groups excluding carboxylic acids is 1. The Morgan fingerprint density at radius 1 is 1.25 bits per heavy atom. The molecule has 0 saturated heterocycles. The molecule has 0 heterocycles. The lowest BCUT2D eigenvalue weighted by Gasteiger charge is -2.21. The van der Waals surface area contributed by atoms with E-state index in [9.17, 15) is 4.79 Å². The fourth-order valence-electron chi connectivity index (χ4n) is 2.08. The summed E-state index contributed by atoms with van der Waals surface area (Å²) in [6.45, 7) is 3.33. The quantitative estimate of drug-likeness (QED) is 0.639. The molecule has 1 fully saturated rings. The Morgan fingerprint density at radius 3 is 2.25 bits per heavy atom. The molecule has 0 aromatic carbocycles. The first kappa shape index (κ1) is 12.7. The van der Waals surface area contributed by atoms with Crippen molar-refractivity contribution in [1.29, 1.82) is 5.41 Å². The van der Waals surface area contributed by atoms with Crippen molar-refractivity contribution < 1.29 is 4.79 Å². The maximum atomic E-state index is 11.9. The van der Waals surface area contributed by atoms with Gasteiger partial charge in [-0.3, -0.25) is 4.79 Å². The molecule has 1 aliphatic rings. The normalized spacial score (nSPS) is 18.9. The highest BCUT2D eigenvalue weighted by molar-refractivity contribution is 6.00. The minimum atomic E-state index is 0.0195. The van der Waals surface area contributed by atoms with Gasteiger partial charge in [0.25, 0.3) is 0 Å². The Bertz CT molecular complexity index is 310. The van der Waals surface area contributed by atoms with E-state index in [0.717, 1.165) is 25.7 Å². The first-order valence-corrected chi connectivity index (χ1v) is 5.85. The number of nitrogens with two attached hydrogens (primary N) is 1. The summed E-state index contributed by atoms with van der Waals surface area (Å²) in [5, 5.41) is 10.3. The van der Waals surface area contributed by atoms with Crippen LogP contribution in [0, 0.1) is 11.3 Å². The van der Waals surface area contributed by atoms with Crippen LogP contribution in [0.5, 0.6) is 0 Å². The lowest BCUT2D eigenvalue weighted by atomic mass is 9.88. The predicted molar refractivity (Wildman–Crippen MR) is 65.0 cm³/mol. The van der Waals surface area contributed by atoms with E-state index >= 15 is 0 Å². The average molecular weight is 223 g/mol. The van der Waals surface area contributed by atoms with Crippen molar-refractivity contribution in [3.05, 3.63) is 11.4 Å². The van der Waals surface area contributed by atoms with Crippen molar-refractivity contribution in [3.63, 3.8) is 0 Å². The van der Waals surface area contributed by atoms with Gasteiger partial charge in [-0.1, -0.05) is 19.3 Å². The highest BCUT2D eigenvalue weighted by Crippen LogP contribution is 2.23. The van der Waals surface area contributed by atoms with E-state index in [0.29, 0.717) is 17.1 Å². The molecule has 0 atom stereocenters. The number of hydrogen-bond acceptors (Lipinski definition) is 3. The van der Waals surface area contributed by atoms with Crippen molar-refractivity contribution in [2.75, 3.05) is 0 Å². The molecule has 0 aromatic heterocycles. The summed E-state index contributed by atoms with van der Waals surface area (Å²) in [5.74, 6) is 0.119. The van der Waals surface area contributed by atoms with E-state index in [1.807, 2.05) is 0 Å². The minimum absolute atomic E-state index is 0.0195. The zero-order valence-electron chi connectivity index (χ0n) is 10.1. The first-order valence-electron chi connectivity index (χ1n) is 5.85. The number of amides is 1. The molecule has 1 rings (SSSR count). The van der Waals surface area contributed by atoms with Gasteiger partial charge in [0, 0.05) is 11.6 Å². The van der Waals surface area contributed by atoms with Crippen LogP contribution in [-0.4, -0.2) is 11.6 Å². The van der Waals surface area contributed by atoms with Gasteiger partial charge in [0.1, 0.15) is 0 Å². The summed E-state index contributed by atoms with van der Waals surface area (Å²) in [7, 11) is 0. The topological polar surface area (TPSA) is 79.0 Å². The molecule has 1 amide bonds. The SMILES string of the molecule is CC(=N)/C(NC(=O)C1CCCCC1)=C(/C)N. The molecule has 0 unspecified atom stereocenters. The third kappa shape index (κ3) is 3.36. The fraction of sp³-hybridized carbons (Fsp3) is 0.667. The van der Waals surface area contributed by atoms with Crippen molar-refractivity contribution in [2.45, 2.75) is 46.0 Å². The summed E-state index contributed by atoms with van der Waals surface area (Å²) < 4.78 is 0. The summed E-state index contributed by atoms with van der Waals surface area (Å²) in [5.41, 5.74) is 6.91. The van der Waals surface area contributed by atoms with Crippen molar-refractivity contribution >= 4 is 11.6 Å². The Labute approximate surface area is 96.8 Å². The van der Waals surface area contributed by atoms with Crippen LogP contribution in [0.3, 0.4) is 0 Å². The van der Waals surface area contributed by atoms with E-state index in [-0.39, 0.29) is 11.8 Å². The third-order valence-corrected chi connectivity index (χ3v) is 2.99. The molecule has 0 spiro atoms. The van der Waals surface area contributed by atoms with E-state index in [1.54, 1.807) is 13.8 Å². The molecule has 0 aliphatic heterocycles. The highest BCUT2D eigenvalue weighted by Gasteiger charge is 2.22. The van der Waals surface area contributed by atoms with Gasteiger partial charge in [0.15, 0.2) is 0 Å². The smallest absolute Gasteiger partial charge is 0.227 e. The Hall–Kier alpha value is -1.32. The van der Waals surface area contributed by atoms with Crippen molar-refractivity contribution in [3.8, 4) is 0 Å². The molecule has 4 N–H and O–H groups in total. The second kappa shape index (κ2) is 5.68. The van der Waals surface area contributed by atoms with Gasteiger partial charge in [0.05, 0.1) is 11.4 Å². The van der Waals surface area contributed by atoms with Gasteiger partial charge in [-0.2, -0.15) is 0 Å². The summed E-state index contributed by atoms with van der Waals surface area (Å²) in [6.07, 6.45) is 5.40. The summed E-state index contributed by atoms with van der Waals surface area (Å²) in [4.78, 5) is 11.9. The van der Waals surface area contributed by atoms with E-state index in [1.165, 1.54) is 6.42 Å². The maximum absolute atomic E-state index is 11.9. The van der Waals surface area contributed by atoms with Crippen molar-refractivity contribution in [1.82, 2.24) is 5.32 Å². The zero-order valence-corrected chi connectivity index (χ0v) is 10.1. The second-order valence-corrected chi connectivity index (χ2v) is 4.51. The molecule has 0 radical (unpaired) electrons. The maximum Gasteiger partial charge on any atom is 0.227 e. The van der Waals surface area contributed by atoms with E-state index in [2.05, 4.69) is 5.32 Å². The number of carbonyl (C=O) groups is 1. The number of nitrogens with one attached hydrogen (secondary N) is 2. The van der Waals surface area contributed by atoms with Crippen LogP contribution in [-0.2, 0) is 4.79 Å². The Balaban J connectivity index is 2.61. The predicted octanol–water partition coefficient (Wildman–Crippen LogP) is 1.91. The third-order valence-electron chi connectivity index (χ3n) is 2.99. The van der Waals surface area contributed by atoms with Crippen LogP contribution in [0.25, 0.3) is 0 Å². The highest BCUT2D eigenvalue weighted by atomic mass is 16.1. The molecule has 0 bridgehead atoms. The number of rotatable bonds is 3. The van der Waals surface area contributed by atoms with Gasteiger partial charge in [0.2, 0.25) is 5.91 Å². The lowest BCUT2D eigenvalue weighted by Crippen LogP contribution is -2.34. The zero-order chi connectivity index (χ0) is 12.1.